The SMILES string of the molecule is CN(CC(=O)N(C)C)Cc1ccc(C(=O)O)cc1. The fraction of sp³-hybridized carbons (Fsp3) is 0.385. The molecule has 1 amide bonds. The van der Waals surface area contributed by atoms with Crippen molar-refractivity contribution < 1.29 is 14.7 Å². The molecule has 0 unspecified atom stereocenters. The fourth-order valence-corrected chi connectivity index (χ4v) is 1.49. The number of amides is 1. The van der Waals surface area contributed by atoms with E-state index in [0.717, 1.165) is 5.56 Å². The van der Waals surface area contributed by atoms with Crippen LogP contribution < -0.4 is 0 Å². The van der Waals surface area contributed by atoms with Gasteiger partial charge in [0, 0.05) is 20.6 Å². The molecule has 1 aromatic carbocycles. The topological polar surface area (TPSA) is 60.9 Å². The first-order chi connectivity index (χ1) is 8.40. The van der Waals surface area contributed by atoms with E-state index in [9.17, 15) is 9.59 Å². The maximum Gasteiger partial charge on any atom is 0.335 e. The number of likely N-dealkylation sites (N-methyl/N-ethyl adjacent to an activating group) is 2. The Morgan fingerprint density at radius 2 is 1.67 bits per heavy atom. The second-order valence-electron chi connectivity index (χ2n) is 4.46. The van der Waals surface area contributed by atoms with Crippen molar-refractivity contribution in [2.75, 3.05) is 27.7 Å². The van der Waals surface area contributed by atoms with Crippen LogP contribution in [0.4, 0.5) is 0 Å². The first-order valence-corrected chi connectivity index (χ1v) is 5.61. The Bertz CT molecular complexity index is 426. The van der Waals surface area contributed by atoms with Gasteiger partial charge in [0.2, 0.25) is 5.91 Å². The predicted molar refractivity (Wildman–Crippen MR) is 68.4 cm³/mol. The highest BCUT2D eigenvalue weighted by atomic mass is 16.4. The van der Waals surface area contributed by atoms with Crippen LogP contribution in [0.3, 0.4) is 0 Å². The van der Waals surface area contributed by atoms with Gasteiger partial charge in [-0.15, -0.1) is 0 Å². The Hall–Kier alpha value is -1.88. The molecule has 0 aliphatic heterocycles. The van der Waals surface area contributed by atoms with Crippen LogP contribution in [-0.2, 0) is 11.3 Å². The number of hydrogen-bond acceptors (Lipinski definition) is 3. The van der Waals surface area contributed by atoms with Gasteiger partial charge in [-0.3, -0.25) is 9.69 Å². The van der Waals surface area contributed by atoms with Crippen molar-refractivity contribution in [3.63, 3.8) is 0 Å². The maximum atomic E-state index is 11.5. The van der Waals surface area contributed by atoms with E-state index in [1.54, 1.807) is 43.3 Å². The molecule has 5 nitrogen and oxygen atoms in total. The molecule has 0 radical (unpaired) electrons. The average molecular weight is 250 g/mol. The molecular weight excluding hydrogens is 232 g/mol. The number of carboxylic acids is 1. The standard InChI is InChI=1S/C13H18N2O3/c1-14(2)12(16)9-15(3)8-10-4-6-11(7-5-10)13(17)18/h4-7H,8-9H2,1-3H3,(H,17,18). The zero-order chi connectivity index (χ0) is 13.7. The number of carbonyl (C=O) groups is 2. The van der Waals surface area contributed by atoms with E-state index in [-0.39, 0.29) is 11.5 Å². The lowest BCUT2D eigenvalue weighted by molar-refractivity contribution is -0.129. The molecule has 1 rings (SSSR count). The van der Waals surface area contributed by atoms with E-state index in [1.165, 1.54) is 0 Å². The fourth-order valence-electron chi connectivity index (χ4n) is 1.49. The molecule has 0 saturated heterocycles. The van der Waals surface area contributed by atoms with Gasteiger partial charge in [-0.2, -0.15) is 0 Å². The Morgan fingerprint density at radius 1 is 1.11 bits per heavy atom. The van der Waals surface area contributed by atoms with Crippen molar-refractivity contribution in [3.8, 4) is 0 Å². The molecule has 0 aliphatic rings. The molecule has 0 saturated carbocycles. The van der Waals surface area contributed by atoms with E-state index in [2.05, 4.69) is 0 Å². The van der Waals surface area contributed by atoms with Crippen LogP contribution in [0.2, 0.25) is 0 Å². The molecule has 0 spiro atoms. The highest BCUT2D eigenvalue weighted by Crippen LogP contribution is 2.06. The molecule has 0 heterocycles. The first-order valence-electron chi connectivity index (χ1n) is 5.61. The monoisotopic (exact) mass is 250 g/mol. The summed E-state index contributed by atoms with van der Waals surface area (Å²) in [5, 5.41) is 8.78. The number of rotatable bonds is 5. The quantitative estimate of drug-likeness (QED) is 0.843. The van der Waals surface area contributed by atoms with Gasteiger partial charge in [-0.1, -0.05) is 12.1 Å². The molecule has 1 N–H and O–H groups in total. The third-order valence-electron chi connectivity index (χ3n) is 2.56. The largest absolute Gasteiger partial charge is 0.478 e. The summed E-state index contributed by atoms with van der Waals surface area (Å²) in [4.78, 5) is 25.6. The van der Waals surface area contributed by atoms with Crippen molar-refractivity contribution >= 4 is 11.9 Å². The Labute approximate surface area is 107 Å². The summed E-state index contributed by atoms with van der Waals surface area (Å²) in [5.41, 5.74) is 1.25. The number of nitrogens with zero attached hydrogens (tertiary/aromatic N) is 2. The summed E-state index contributed by atoms with van der Waals surface area (Å²) in [6, 6.07) is 6.67. The number of carbonyl (C=O) groups excluding carboxylic acids is 1. The molecule has 1 aromatic rings. The zero-order valence-electron chi connectivity index (χ0n) is 10.9. The van der Waals surface area contributed by atoms with Crippen LogP contribution >= 0.6 is 0 Å². The Kier molecular flexibility index (Phi) is 4.85. The predicted octanol–water partition coefficient (Wildman–Crippen LogP) is 0.905. The van der Waals surface area contributed by atoms with Crippen LogP contribution in [0.1, 0.15) is 15.9 Å². The second-order valence-corrected chi connectivity index (χ2v) is 4.46. The normalized spacial score (nSPS) is 10.4. The van der Waals surface area contributed by atoms with Crippen molar-refractivity contribution in [3.05, 3.63) is 35.4 Å². The number of carboxylic acid groups (broad SMARTS) is 1. The van der Waals surface area contributed by atoms with E-state index >= 15 is 0 Å². The van der Waals surface area contributed by atoms with Gasteiger partial charge in [0.05, 0.1) is 12.1 Å². The van der Waals surface area contributed by atoms with Gasteiger partial charge in [0.25, 0.3) is 0 Å². The molecule has 0 atom stereocenters. The Morgan fingerprint density at radius 3 is 2.11 bits per heavy atom. The van der Waals surface area contributed by atoms with E-state index < -0.39 is 5.97 Å². The molecule has 0 bridgehead atoms. The summed E-state index contributed by atoms with van der Waals surface area (Å²) in [6.45, 7) is 0.952. The lowest BCUT2D eigenvalue weighted by atomic mass is 10.1. The molecule has 0 aliphatic carbocycles. The molecule has 18 heavy (non-hydrogen) atoms. The maximum absolute atomic E-state index is 11.5. The molecule has 98 valence electrons. The van der Waals surface area contributed by atoms with E-state index in [1.807, 2.05) is 11.9 Å². The van der Waals surface area contributed by atoms with Crippen molar-refractivity contribution in [1.29, 1.82) is 0 Å². The van der Waals surface area contributed by atoms with E-state index in [4.69, 9.17) is 5.11 Å². The summed E-state index contributed by atoms with van der Waals surface area (Å²) < 4.78 is 0. The van der Waals surface area contributed by atoms with Crippen LogP contribution in [0.15, 0.2) is 24.3 Å². The van der Waals surface area contributed by atoms with Crippen molar-refractivity contribution in [2.45, 2.75) is 6.54 Å². The Balaban J connectivity index is 2.57. The first kappa shape index (κ1) is 14.2. The average Bonchev–Trinajstić information content (AvgIpc) is 2.29. The van der Waals surface area contributed by atoms with Crippen molar-refractivity contribution in [1.82, 2.24) is 9.80 Å². The van der Waals surface area contributed by atoms with Gasteiger partial charge < -0.3 is 10.0 Å². The number of hydrogen-bond donors (Lipinski definition) is 1. The minimum absolute atomic E-state index is 0.0413. The van der Waals surface area contributed by atoms with Gasteiger partial charge in [-0.05, 0) is 24.7 Å². The van der Waals surface area contributed by atoms with E-state index in [0.29, 0.717) is 13.1 Å². The lowest BCUT2D eigenvalue weighted by Gasteiger charge is -2.18. The lowest BCUT2D eigenvalue weighted by Crippen LogP contribution is -2.34. The smallest absolute Gasteiger partial charge is 0.335 e. The molecule has 0 aromatic heterocycles. The summed E-state index contributed by atoms with van der Waals surface area (Å²) in [5.74, 6) is -0.891. The highest BCUT2D eigenvalue weighted by molar-refractivity contribution is 5.87. The van der Waals surface area contributed by atoms with Gasteiger partial charge in [0.15, 0.2) is 0 Å². The van der Waals surface area contributed by atoms with Crippen LogP contribution in [0.5, 0.6) is 0 Å². The highest BCUT2D eigenvalue weighted by Gasteiger charge is 2.09. The molecular formula is C13H18N2O3. The van der Waals surface area contributed by atoms with Gasteiger partial charge in [-0.25, -0.2) is 4.79 Å². The van der Waals surface area contributed by atoms with Crippen LogP contribution in [-0.4, -0.2) is 54.5 Å². The minimum Gasteiger partial charge on any atom is -0.478 e. The van der Waals surface area contributed by atoms with Gasteiger partial charge >= 0.3 is 5.97 Å². The van der Waals surface area contributed by atoms with Crippen LogP contribution in [0.25, 0.3) is 0 Å². The molecule has 5 heteroatoms. The minimum atomic E-state index is -0.933. The zero-order valence-corrected chi connectivity index (χ0v) is 10.9. The summed E-state index contributed by atoms with van der Waals surface area (Å²) >= 11 is 0. The van der Waals surface area contributed by atoms with Crippen LogP contribution in [0, 0.1) is 0 Å². The van der Waals surface area contributed by atoms with Gasteiger partial charge in [0.1, 0.15) is 0 Å². The molecule has 0 fully saturated rings. The number of benzene rings is 1. The number of aromatic carboxylic acids is 1. The third kappa shape index (κ3) is 4.18. The summed E-state index contributed by atoms with van der Waals surface area (Å²) in [7, 11) is 5.29. The summed E-state index contributed by atoms with van der Waals surface area (Å²) in [6.07, 6.45) is 0. The second kappa shape index (κ2) is 6.16. The van der Waals surface area contributed by atoms with Crippen molar-refractivity contribution in [2.24, 2.45) is 0 Å². The third-order valence-corrected chi connectivity index (χ3v) is 2.56.